The molecule has 1 amide bonds. The molecule has 1 aliphatic heterocycles. The smallest absolute Gasteiger partial charge is 0.251 e. The van der Waals surface area contributed by atoms with Gasteiger partial charge in [-0.1, -0.05) is 0 Å². The molecule has 2 N–H and O–H groups in total. The summed E-state index contributed by atoms with van der Waals surface area (Å²) in [5.41, 5.74) is 1.52. The molecule has 1 atom stereocenters. The maximum absolute atomic E-state index is 12.3. The van der Waals surface area contributed by atoms with E-state index < -0.39 is 0 Å². The van der Waals surface area contributed by atoms with Crippen molar-refractivity contribution in [2.75, 3.05) is 33.9 Å². The highest BCUT2D eigenvalue weighted by Gasteiger charge is 2.16. The Labute approximate surface area is 126 Å². The van der Waals surface area contributed by atoms with Gasteiger partial charge in [0.05, 0.1) is 14.2 Å². The molecule has 116 valence electrons. The molecule has 0 spiro atoms. The van der Waals surface area contributed by atoms with Crippen LogP contribution in [0.2, 0.25) is 0 Å². The number of ether oxygens (including phenoxy) is 2. The van der Waals surface area contributed by atoms with E-state index in [1.165, 1.54) is 6.42 Å². The number of nitrogens with one attached hydrogen (secondary N) is 2. The van der Waals surface area contributed by atoms with Crippen molar-refractivity contribution in [1.29, 1.82) is 0 Å². The summed E-state index contributed by atoms with van der Waals surface area (Å²) in [7, 11) is 3.16. The van der Waals surface area contributed by atoms with Gasteiger partial charge in [0.2, 0.25) is 0 Å². The molecular formula is C16H24N2O3. The van der Waals surface area contributed by atoms with E-state index in [0.717, 1.165) is 25.1 Å². The quantitative estimate of drug-likeness (QED) is 0.838. The SMILES string of the molecule is COc1cc(C)c(C(=O)NCCC2CCNC2)cc1OC. The Kier molecular flexibility index (Phi) is 5.44. The predicted octanol–water partition coefficient (Wildman–Crippen LogP) is 1.74. The minimum atomic E-state index is -0.0561. The van der Waals surface area contributed by atoms with Gasteiger partial charge >= 0.3 is 0 Å². The van der Waals surface area contributed by atoms with Gasteiger partial charge in [-0.2, -0.15) is 0 Å². The van der Waals surface area contributed by atoms with E-state index in [1.54, 1.807) is 20.3 Å². The fourth-order valence-corrected chi connectivity index (χ4v) is 2.67. The Morgan fingerprint density at radius 2 is 2.05 bits per heavy atom. The highest BCUT2D eigenvalue weighted by molar-refractivity contribution is 5.96. The van der Waals surface area contributed by atoms with Crippen molar-refractivity contribution >= 4 is 5.91 Å². The maximum Gasteiger partial charge on any atom is 0.251 e. The highest BCUT2D eigenvalue weighted by Crippen LogP contribution is 2.30. The van der Waals surface area contributed by atoms with Gasteiger partial charge in [-0.25, -0.2) is 0 Å². The third-order valence-electron chi connectivity index (χ3n) is 3.98. The number of hydrogen-bond acceptors (Lipinski definition) is 4. The first kappa shape index (κ1) is 15.6. The Bertz CT molecular complexity index is 497. The van der Waals surface area contributed by atoms with Crippen molar-refractivity contribution in [3.8, 4) is 11.5 Å². The van der Waals surface area contributed by atoms with Crippen LogP contribution in [0.25, 0.3) is 0 Å². The molecule has 1 aromatic rings. The van der Waals surface area contributed by atoms with Crippen molar-refractivity contribution in [2.45, 2.75) is 19.8 Å². The lowest BCUT2D eigenvalue weighted by molar-refractivity contribution is 0.0950. The van der Waals surface area contributed by atoms with Crippen molar-refractivity contribution in [1.82, 2.24) is 10.6 Å². The van der Waals surface area contributed by atoms with E-state index in [-0.39, 0.29) is 5.91 Å². The van der Waals surface area contributed by atoms with Crippen LogP contribution >= 0.6 is 0 Å². The van der Waals surface area contributed by atoms with Crippen LogP contribution in [0.1, 0.15) is 28.8 Å². The molecule has 0 saturated carbocycles. The minimum Gasteiger partial charge on any atom is -0.493 e. The van der Waals surface area contributed by atoms with E-state index in [1.807, 2.05) is 13.0 Å². The number of aryl methyl sites for hydroxylation is 1. The molecular weight excluding hydrogens is 268 g/mol. The summed E-state index contributed by atoms with van der Waals surface area (Å²) in [6.45, 7) is 4.76. The molecule has 2 rings (SSSR count). The number of rotatable bonds is 6. The number of amides is 1. The molecule has 0 bridgehead atoms. The Balaban J connectivity index is 1.97. The number of carbonyl (C=O) groups is 1. The van der Waals surface area contributed by atoms with Crippen molar-refractivity contribution in [3.63, 3.8) is 0 Å². The lowest BCUT2D eigenvalue weighted by Crippen LogP contribution is -2.27. The molecule has 5 nitrogen and oxygen atoms in total. The molecule has 0 aromatic heterocycles. The average Bonchev–Trinajstić information content (AvgIpc) is 3.00. The Morgan fingerprint density at radius 1 is 1.33 bits per heavy atom. The van der Waals surface area contributed by atoms with E-state index >= 15 is 0 Å². The summed E-state index contributed by atoms with van der Waals surface area (Å²) < 4.78 is 10.5. The second-order valence-electron chi connectivity index (χ2n) is 5.43. The monoisotopic (exact) mass is 292 g/mol. The predicted molar refractivity (Wildman–Crippen MR) is 82.2 cm³/mol. The van der Waals surface area contributed by atoms with Crippen LogP contribution in [0.3, 0.4) is 0 Å². The number of methoxy groups -OCH3 is 2. The molecule has 5 heteroatoms. The topological polar surface area (TPSA) is 59.6 Å². The van der Waals surface area contributed by atoms with Crippen LogP contribution in [0.5, 0.6) is 11.5 Å². The lowest BCUT2D eigenvalue weighted by atomic mass is 10.0. The van der Waals surface area contributed by atoms with Crippen molar-refractivity contribution in [2.24, 2.45) is 5.92 Å². The summed E-state index contributed by atoms with van der Waals surface area (Å²) in [5.74, 6) is 1.84. The van der Waals surface area contributed by atoms with E-state index in [9.17, 15) is 4.79 Å². The minimum absolute atomic E-state index is 0.0561. The molecule has 1 aliphatic rings. The molecule has 0 aliphatic carbocycles. The zero-order valence-electron chi connectivity index (χ0n) is 13.0. The molecule has 1 aromatic carbocycles. The lowest BCUT2D eigenvalue weighted by Gasteiger charge is -2.13. The van der Waals surface area contributed by atoms with Crippen LogP contribution in [0.15, 0.2) is 12.1 Å². The summed E-state index contributed by atoms with van der Waals surface area (Å²) in [4.78, 5) is 12.3. The third kappa shape index (κ3) is 3.88. The zero-order chi connectivity index (χ0) is 15.2. The zero-order valence-corrected chi connectivity index (χ0v) is 13.0. The molecule has 1 heterocycles. The number of carbonyl (C=O) groups excluding carboxylic acids is 1. The summed E-state index contributed by atoms with van der Waals surface area (Å²) in [5, 5.41) is 6.33. The maximum atomic E-state index is 12.3. The van der Waals surface area contributed by atoms with Gasteiger partial charge in [0, 0.05) is 12.1 Å². The van der Waals surface area contributed by atoms with Crippen LogP contribution in [0.4, 0.5) is 0 Å². The molecule has 1 fully saturated rings. The van der Waals surface area contributed by atoms with E-state index in [4.69, 9.17) is 9.47 Å². The number of hydrogen-bond donors (Lipinski definition) is 2. The normalized spacial score (nSPS) is 17.6. The second kappa shape index (κ2) is 7.31. The van der Waals surface area contributed by atoms with Crippen LogP contribution < -0.4 is 20.1 Å². The third-order valence-corrected chi connectivity index (χ3v) is 3.98. The summed E-state index contributed by atoms with van der Waals surface area (Å²) in [6.07, 6.45) is 2.22. The number of benzene rings is 1. The first-order chi connectivity index (χ1) is 10.2. The van der Waals surface area contributed by atoms with Gasteiger partial charge in [-0.05, 0) is 56.5 Å². The fraction of sp³-hybridized carbons (Fsp3) is 0.562. The first-order valence-corrected chi connectivity index (χ1v) is 7.37. The molecule has 1 unspecified atom stereocenters. The van der Waals surface area contributed by atoms with Crippen LogP contribution in [0, 0.1) is 12.8 Å². The van der Waals surface area contributed by atoms with Crippen LogP contribution in [-0.4, -0.2) is 39.8 Å². The van der Waals surface area contributed by atoms with Gasteiger partial charge in [-0.3, -0.25) is 4.79 Å². The van der Waals surface area contributed by atoms with E-state index in [0.29, 0.717) is 29.5 Å². The van der Waals surface area contributed by atoms with Gasteiger partial charge in [0.1, 0.15) is 0 Å². The molecule has 0 radical (unpaired) electrons. The van der Waals surface area contributed by atoms with Crippen molar-refractivity contribution < 1.29 is 14.3 Å². The van der Waals surface area contributed by atoms with Crippen molar-refractivity contribution in [3.05, 3.63) is 23.3 Å². The largest absolute Gasteiger partial charge is 0.493 e. The Hall–Kier alpha value is -1.75. The standard InChI is InChI=1S/C16H24N2O3/c1-11-8-14(20-2)15(21-3)9-13(11)16(19)18-7-5-12-4-6-17-10-12/h8-9,12,17H,4-7,10H2,1-3H3,(H,18,19). The summed E-state index contributed by atoms with van der Waals surface area (Å²) in [6, 6.07) is 3.56. The first-order valence-electron chi connectivity index (χ1n) is 7.37. The van der Waals surface area contributed by atoms with Gasteiger partial charge in [-0.15, -0.1) is 0 Å². The van der Waals surface area contributed by atoms with E-state index in [2.05, 4.69) is 10.6 Å². The average molecular weight is 292 g/mol. The molecule has 1 saturated heterocycles. The van der Waals surface area contributed by atoms with Gasteiger partial charge in [0.25, 0.3) is 5.91 Å². The molecule has 21 heavy (non-hydrogen) atoms. The fourth-order valence-electron chi connectivity index (χ4n) is 2.67. The van der Waals surface area contributed by atoms with Gasteiger partial charge in [0.15, 0.2) is 11.5 Å². The van der Waals surface area contributed by atoms with Gasteiger partial charge < -0.3 is 20.1 Å². The van der Waals surface area contributed by atoms with Crippen LogP contribution in [-0.2, 0) is 0 Å². The second-order valence-corrected chi connectivity index (χ2v) is 5.43. The summed E-state index contributed by atoms with van der Waals surface area (Å²) >= 11 is 0. The Morgan fingerprint density at radius 3 is 2.67 bits per heavy atom. The highest BCUT2D eigenvalue weighted by atomic mass is 16.5.